The van der Waals surface area contributed by atoms with Crippen molar-refractivity contribution in [3.63, 3.8) is 0 Å². The van der Waals surface area contributed by atoms with E-state index >= 15 is 0 Å². The molecule has 0 bridgehead atoms. The van der Waals surface area contributed by atoms with Crippen molar-refractivity contribution < 1.29 is 4.74 Å². The van der Waals surface area contributed by atoms with E-state index in [4.69, 9.17) is 4.74 Å². The number of hydrogen-bond donors (Lipinski definition) is 1. The first-order valence-electron chi connectivity index (χ1n) is 12.5. The number of aromatic nitrogens is 1. The van der Waals surface area contributed by atoms with Crippen molar-refractivity contribution in [3.05, 3.63) is 109 Å². The van der Waals surface area contributed by atoms with E-state index in [0.29, 0.717) is 0 Å². The zero-order valence-corrected chi connectivity index (χ0v) is 20.5. The first kappa shape index (κ1) is 19.6. The SMILES string of the molecule is c1ccc2cc3c(cc2c1)c1cc2ccccc2cc1n3[C@H]1Nc2ccc3sc4ccccc4c3c2O1. The Hall–Kier alpha value is -4.54. The summed E-state index contributed by atoms with van der Waals surface area (Å²) in [5, 5.41) is 13.6. The smallest absolute Gasteiger partial charge is 0.255 e. The second-order valence-corrected chi connectivity index (χ2v) is 10.9. The second-order valence-electron chi connectivity index (χ2n) is 9.83. The highest BCUT2D eigenvalue weighted by atomic mass is 32.1. The molecule has 174 valence electrons. The quantitative estimate of drug-likeness (QED) is 0.247. The third kappa shape index (κ3) is 2.65. The average molecular weight is 493 g/mol. The predicted octanol–water partition coefficient (Wildman–Crippen LogP) is 9.43. The summed E-state index contributed by atoms with van der Waals surface area (Å²) >= 11 is 1.82. The van der Waals surface area contributed by atoms with Crippen LogP contribution in [0.25, 0.3) is 63.5 Å². The molecule has 0 fully saturated rings. The standard InChI is InChI=1S/C33H20N2OS/c1-3-9-21-17-27-24(15-19(21)7-1)25-16-20-8-2-4-10-22(20)18-28(25)35(27)33-34-26-13-14-30-31(32(26)36-33)23-11-5-6-12-29(23)37-30/h1-18,33-34H/t33-/m1/s1. The summed E-state index contributed by atoms with van der Waals surface area (Å²) < 4.78 is 11.7. The van der Waals surface area contributed by atoms with Crippen LogP contribution in [0.15, 0.2) is 109 Å². The minimum atomic E-state index is -0.346. The zero-order chi connectivity index (χ0) is 24.1. The van der Waals surface area contributed by atoms with Gasteiger partial charge in [-0.2, -0.15) is 0 Å². The lowest BCUT2D eigenvalue weighted by molar-refractivity contribution is 0.195. The highest BCUT2D eigenvalue weighted by Gasteiger charge is 2.29. The number of anilines is 1. The summed E-state index contributed by atoms with van der Waals surface area (Å²) in [5.41, 5.74) is 3.37. The van der Waals surface area contributed by atoms with Crippen LogP contribution in [0.5, 0.6) is 5.75 Å². The van der Waals surface area contributed by atoms with Crippen molar-refractivity contribution in [2.45, 2.75) is 6.35 Å². The average Bonchev–Trinajstić information content (AvgIpc) is 3.61. The van der Waals surface area contributed by atoms with Gasteiger partial charge >= 0.3 is 0 Å². The van der Waals surface area contributed by atoms with E-state index in [2.05, 4.69) is 119 Å². The van der Waals surface area contributed by atoms with Crippen molar-refractivity contribution >= 4 is 80.5 Å². The molecule has 3 heterocycles. The first-order valence-corrected chi connectivity index (χ1v) is 13.4. The third-order valence-electron chi connectivity index (χ3n) is 7.78. The van der Waals surface area contributed by atoms with Crippen molar-refractivity contribution in [2.75, 3.05) is 5.32 Å². The van der Waals surface area contributed by atoms with Gasteiger partial charge in [-0.25, -0.2) is 0 Å². The molecule has 1 atom stereocenters. The minimum absolute atomic E-state index is 0.346. The van der Waals surface area contributed by atoms with Crippen LogP contribution < -0.4 is 10.1 Å². The molecule has 8 aromatic rings. The van der Waals surface area contributed by atoms with Gasteiger partial charge in [0.2, 0.25) is 0 Å². The molecule has 2 aromatic heterocycles. The Morgan fingerprint density at radius 3 is 1.86 bits per heavy atom. The Bertz CT molecular complexity index is 2130. The number of hydrogen-bond acceptors (Lipinski definition) is 3. The monoisotopic (exact) mass is 492 g/mol. The lowest BCUT2D eigenvalue weighted by Gasteiger charge is -2.17. The van der Waals surface area contributed by atoms with Crippen LogP contribution in [0.4, 0.5) is 5.69 Å². The number of benzene rings is 6. The maximum atomic E-state index is 6.83. The van der Waals surface area contributed by atoms with Crippen LogP contribution in [-0.4, -0.2) is 4.57 Å². The molecular formula is C33H20N2OS. The number of nitrogens with zero attached hydrogens (tertiary/aromatic N) is 1. The summed E-state index contributed by atoms with van der Waals surface area (Å²) in [6.45, 7) is 0. The van der Waals surface area contributed by atoms with E-state index in [9.17, 15) is 0 Å². The molecule has 0 amide bonds. The van der Waals surface area contributed by atoms with Crippen LogP contribution in [0, 0.1) is 0 Å². The lowest BCUT2D eigenvalue weighted by atomic mass is 10.0. The van der Waals surface area contributed by atoms with E-state index < -0.39 is 0 Å². The molecule has 0 unspecified atom stereocenters. The van der Waals surface area contributed by atoms with Gasteiger partial charge in [0.15, 0.2) is 5.75 Å². The molecule has 0 radical (unpaired) electrons. The minimum Gasteiger partial charge on any atom is -0.449 e. The Morgan fingerprint density at radius 1 is 0.595 bits per heavy atom. The lowest BCUT2D eigenvalue weighted by Crippen LogP contribution is -2.18. The van der Waals surface area contributed by atoms with Crippen molar-refractivity contribution in [3.8, 4) is 5.75 Å². The molecule has 1 aliphatic heterocycles. The number of fused-ring (bicyclic) bond motifs is 10. The van der Waals surface area contributed by atoms with Gasteiger partial charge in [-0.05, 0) is 64.0 Å². The summed E-state index contributed by atoms with van der Waals surface area (Å²) in [6, 6.07) is 39.4. The Balaban J connectivity index is 1.34. The van der Waals surface area contributed by atoms with Crippen LogP contribution in [-0.2, 0) is 0 Å². The van der Waals surface area contributed by atoms with E-state index in [1.165, 1.54) is 63.5 Å². The van der Waals surface area contributed by atoms with Crippen molar-refractivity contribution in [2.24, 2.45) is 0 Å². The molecule has 6 aromatic carbocycles. The fourth-order valence-corrected chi connectivity index (χ4v) is 7.19. The third-order valence-corrected chi connectivity index (χ3v) is 8.91. The maximum Gasteiger partial charge on any atom is 0.255 e. The van der Waals surface area contributed by atoms with E-state index in [1.807, 2.05) is 11.3 Å². The van der Waals surface area contributed by atoms with Gasteiger partial charge in [-0.15, -0.1) is 11.3 Å². The summed E-state index contributed by atoms with van der Waals surface area (Å²) in [7, 11) is 0. The van der Waals surface area contributed by atoms with Gasteiger partial charge in [0.1, 0.15) is 0 Å². The molecule has 9 rings (SSSR count). The normalized spacial score (nSPS) is 15.2. The van der Waals surface area contributed by atoms with Gasteiger partial charge in [0.25, 0.3) is 6.35 Å². The largest absolute Gasteiger partial charge is 0.449 e. The Labute approximate surface area is 216 Å². The fourth-order valence-electron chi connectivity index (χ4n) is 6.08. The van der Waals surface area contributed by atoms with Crippen molar-refractivity contribution in [1.82, 2.24) is 4.57 Å². The van der Waals surface area contributed by atoms with Gasteiger partial charge in [0, 0.05) is 30.9 Å². The molecule has 1 aliphatic rings. The number of ether oxygens (including phenoxy) is 1. The van der Waals surface area contributed by atoms with E-state index in [-0.39, 0.29) is 6.35 Å². The Kier molecular flexibility index (Phi) is 3.73. The second kappa shape index (κ2) is 7.02. The van der Waals surface area contributed by atoms with Gasteiger partial charge in [0.05, 0.1) is 16.7 Å². The molecule has 0 saturated heterocycles. The number of thiophene rings is 1. The summed E-state index contributed by atoms with van der Waals surface area (Å²) in [4.78, 5) is 0. The van der Waals surface area contributed by atoms with E-state index in [1.54, 1.807) is 0 Å². The molecule has 37 heavy (non-hydrogen) atoms. The highest BCUT2D eigenvalue weighted by molar-refractivity contribution is 7.25. The Morgan fingerprint density at radius 2 is 1.19 bits per heavy atom. The zero-order valence-electron chi connectivity index (χ0n) is 19.7. The maximum absolute atomic E-state index is 6.83. The summed E-state index contributed by atoms with van der Waals surface area (Å²) in [5.74, 6) is 0.941. The van der Waals surface area contributed by atoms with Gasteiger partial charge in [-0.1, -0.05) is 66.7 Å². The highest BCUT2D eigenvalue weighted by Crippen LogP contribution is 2.49. The van der Waals surface area contributed by atoms with Crippen LogP contribution in [0.2, 0.25) is 0 Å². The van der Waals surface area contributed by atoms with Gasteiger partial charge in [-0.3, -0.25) is 4.57 Å². The van der Waals surface area contributed by atoms with Crippen LogP contribution in [0.3, 0.4) is 0 Å². The molecular weight excluding hydrogens is 472 g/mol. The fraction of sp³-hybridized carbons (Fsp3) is 0.0303. The molecule has 1 N–H and O–H groups in total. The van der Waals surface area contributed by atoms with Gasteiger partial charge < -0.3 is 10.1 Å². The first-order chi connectivity index (χ1) is 18.3. The number of rotatable bonds is 1. The topological polar surface area (TPSA) is 26.2 Å². The van der Waals surface area contributed by atoms with Crippen LogP contribution in [0.1, 0.15) is 6.35 Å². The van der Waals surface area contributed by atoms with Crippen molar-refractivity contribution in [1.29, 1.82) is 0 Å². The molecule has 3 nitrogen and oxygen atoms in total. The molecule has 0 aliphatic carbocycles. The molecule has 4 heteroatoms. The predicted molar refractivity (Wildman–Crippen MR) is 157 cm³/mol. The molecule has 0 saturated carbocycles. The van der Waals surface area contributed by atoms with Crippen LogP contribution >= 0.6 is 11.3 Å². The summed E-state index contributed by atoms with van der Waals surface area (Å²) in [6.07, 6.45) is -0.346. The van der Waals surface area contributed by atoms with E-state index in [0.717, 1.165) is 11.4 Å². The molecule has 0 spiro atoms. The number of nitrogens with one attached hydrogen (secondary N) is 1.